The Morgan fingerprint density at radius 3 is 2.56 bits per heavy atom. The van der Waals surface area contributed by atoms with E-state index in [0.717, 1.165) is 48.1 Å². The number of nitrogens with zero attached hydrogens (tertiary/aromatic N) is 3. The number of nitrogen functional groups attached to an aromatic ring is 1. The summed E-state index contributed by atoms with van der Waals surface area (Å²) >= 11 is 7.79. The average Bonchev–Trinajstić information content (AvgIpc) is 3.14. The molecule has 0 saturated carbocycles. The Hall–Kier alpha value is -2.13. The van der Waals surface area contributed by atoms with Crippen LogP contribution in [0.3, 0.4) is 0 Å². The summed E-state index contributed by atoms with van der Waals surface area (Å²) in [5.74, 6) is 0.885. The van der Waals surface area contributed by atoms with Crippen molar-refractivity contribution >= 4 is 45.9 Å². The van der Waals surface area contributed by atoms with Gasteiger partial charge in [0.2, 0.25) is 0 Å². The predicted octanol–water partition coefficient (Wildman–Crippen LogP) is 5.80. The minimum Gasteiger partial charge on any atom is -0.399 e. The molecule has 1 aliphatic heterocycles. The number of hydrogen-bond acceptors (Lipinski definition) is 6. The van der Waals surface area contributed by atoms with Gasteiger partial charge in [-0.25, -0.2) is 18.9 Å². The summed E-state index contributed by atoms with van der Waals surface area (Å²) in [6.07, 6.45) is 6.66. The van der Waals surface area contributed by atoms with E-state index in [1.165, 1.54) is 22.9 Å². The summed E-state index contributed by atoms with van der Waals surface area (Å²) in [5, 5.41) is 1.40. The number of anilines is 2. The van der Waals surface area contributed by atoms with Crippen molar-refractivity contribution < 1.29 is 4.21 Å². The van der Waals surface area contributed by atoms with E-state index in [-0.39, 0.29) is 16.2 Å². The molecule has 3 aromatic rings. The van der Waals surface area contributed by atoms with Gasteiger partial charge in [0.05, 0.1) is 39.2 Å². The van der Waals surface area contributed by atoms with Gasteiger partial charge in [-0.1, -0.05) is 47.6 Å². The zero-order chi connectivity index (χ0) is 25.5. The first-order valence-electron chi connectivity index (χ1n) is 12.2. The highest BCUT2D eigenvalue weighted by atomic mass is 35.5. The van der Waals surface area contributed by atoms with Crippen LogP contribution >= 0.6 is 23.4 Å². The summed E-state index contributed by atoms with van der Waals surface area (Å²) in [7, 11) is -1.13. The summed E-state index contributed by atoms with van der Waals surface area (Å²) in [4.78, 5) is 12.6. The zero-order valence-corrected chi connectivity index (χ0v) is 23.2. The second-order valence-electron chi connectivity index (χ2n) is 10.7. The normalized spacial score (nSPS) is 19.9. The number of rotatable bonds is 5. The van der Waals surface area contributed by atoms with E-state index in [4.69, 9.17) is 22.3 Å². The third kappa shape index (κ3) is 5.14. The van der Waals surface area contributed by atoms with Crippen LogP contribution in [0, 0.1) is 5.41 Å². The smallest absolute Gasteiger partial charge is 0.147 e. The third-order valence-electron chi connectivity index (χ3n) is 7.17. The topological polar surface area (TPSA) is 84.1 Å². The fourth-order valence-electron chi connectivity index (χ4n) is 5.14. The SMILES string of the molecule is CC(C)(C)[S@@](=O)N[C@@H]1c2ccccc2CC12CCN(c1cnc(Sc3ccc(N)cc3Cl)cn1)CC2. The van der Waals surface area contributed by atoms with Crippen LogP contribution in [0.4, 0.5) is 11.5 Å². The minimum absolute atomic E-state index is 0.0518. The van der Waals surface area contributed by atoms with Gasteiger partial charge in [0.1, 0.15) is 10.8 Å². The van der Waals surface area contributed by atoms with Crippen molar-refractivity contribution in [3.8, 4) is 0 Å². The Labute approximate surface area is 225 Å². The molecule has 190 valence electrons. The Kier molecular flexibility index (Phi) is 7.07. The fraction of sp³-hybridized carbons (Fsp3) is 0.407. The van der Waals surface area contributed by atoms with Crippen molar-refractivity contribution in [3.05, 3.63) is 71.0 Å². The highest BCUT2D eigenvalue weighted by molar-refractivity contribution is 7.99. The maximum Gasteiger partial charge on any atom is 0.147 e. The molecule has 1 aromatic heterocycles. The molecular formula is C27H32ClN5OS2. The Balaban J connectivity index is 1.29. The van der Waals surface area contributed by atoms with Crippen molar-refractivity contribution in [1.29, 1.82) is 0 Å². The monoisotopic (exact) mass is 541 g/mol. The molecular weight excluding hydrogens is 510 g/mol. The average molecular weight is 542 g/mol. The molecule has 3 N–H and O–H groups in total. The van der Waals surface area contributed by atoms with Gasteiger partial charge in [0.15, 0.2) is 0 Å². The largest absolute Gasteiger partial charge is 0.399 e. The lowest BCUT2D eigenvalue weighted by molar-refractivity contribution is 0.177. The van der Waals surface area contributed by atoms with Crippen molar-refractivity contribution in [2.24, 2.45) is 5.41 Å². The molecule has 6 nitrogen and oxygen atoms in total. The first-order valence-corrected chi connectivity index (χ1v) is 14.5. The molecule has 0 amide bonds. The van der Waals surface area contributed by atoms with Gasteiger partial charge < -0.3 is 10.6 Å². The van der Waals surface area contributed by atoms with Gasteiger partial charge in [-0.3, -0.25) is 0 Å². The van der Waals surface area contributed by atoms with E-state index in [1.54, 1.807) is 12.3 Å². The van der Waals surface area contributed by atoms with Crippen LogP contribution in [0.15, 0.2) is 64.8 Å². The van der Waals surface area contributed by atoms with Crippen LogP contribution in [0.5, 0.6) is 0 Å². The van der Waals surface area contributed by atoms with Crippen LogP contribution < -0.4 is 15.4 Å². The minimum atomic E-state index is -1.13. The van der Waals surface area contributed by atoms with Gasteiger partial charge in [-0.15, -0.1) is 0 Å². The van der Waals surface area contributed by atoms with E-state index in [1.807, 2.05) is 39.1 Å². The molecule has 2 atom stereocenters. The second kappa shape index (κ2) is 9.97. The number of halogens is 1. The van der Waals surface area contributed by atoms with Gasteiger partial charge in [0, 0.05) is 23.7 Å². The van der Waals surface area contributed by atoms with E-state index in [0.29, 0.717) is 10.7 Å². The number of nitrogens with two attached hydrogens (primary N) is 1. The number of aromatic nitrogens is 2. The fourth-order valence-corrected chi connectivity index (χ4v) is 7.12. The molecule has 36 heavy (non-hydrogen) atoms. The number of fused-ring (bicyclic) bond motifs is 1. The van der Waals surface area contributed by atoms with Crippen LogP contribution in [-0.4, -0.2) is 32.0 Å². The van der Waals surface area contributed by atoms with Gasteiger partial charge in [-0.05, 0) is 74.8 Å². The second-order valence-corrected chi connectivity index (χ2v) is 14.1. The summed E-state index contributed by atoms with van der Waals surface area (Å²) in [6, 6.07) is 14.2. The molecule has 0 unspecified atom stereocenters. The number of piperidine rings is 1. The van der Waals surface area contributed by atoms with E-state index >= 15 is 0 Å². The molecule has 5 rings (SSSR count). The molecule has 0 radical (unpaired) electrons. The van der Waals surface area contributed by atoms with Gasteiger partial charge >= 0.3 is 0 Å². The van der Waals surface area contributed by atoms with E-state index < -0.39 is 11.0 Å². The van der Waals surface area contributed by atoms with Crippen LogP contribution in [0.25, 0.3) is 0 Å². The van der Waals surface area contributed by atoms with E-state index in [9.17, 15) is 4.21 Å². The van der Waals surface area contributed by atoms with Gasteiger partial charge in [0.25, 0.3) is 0 Å². The van der Waals surface area contributed by atoms with Crippen molar-refractivity contribution in [2.45, 2.75) is 60.7 Å². The molecule has 1 saturated heterocycles. The highest BCUT2D eigenvalue weighted by Crippen LogP contribution is 2.52. The van der Waals surface area contributed by atoms with Crippen molar-refractivity contribution in [3.63, 3.8) is 0 Å². The molecule has 2 aliphatic rings. The zero-order valence-electron chi connectivity index (χ0n) is 20.8. The van der Waals surface area contributed by atoms with Crippen LogP contribution in [0.1, 0.15) is 50.8 Å². The molecule has 1 fully saturated rings. The standard InChI is InChI=1S/C27H32ClN5OS2/c1-26(2,3)36(34)32-25-20-7-5-4-6-18(20)15-27(25)10-12-33(13-11-27)23-16-31-24(17-30-23)35-22-9-8-19(29)14-21(22)28/h4-9,14,16-17,25,32H,10-13,15,29H2,1-3H3/t25-,36-/m1/s1. The number of benzene rings is 2. The maximum atomic E-state index is 13.1. The molecule has 1 aliphatic carbocycles. The van der Waals surface area contributed by atoms with Crippen LogP contribution in [0.2, 0.25) is 5.02 Å². The predicted molar refractivity (Wildman–Crippen MR) is 150 cm³/mol. The lowest BCUT2D eigenvalue weighted by Gasteiger charge is -2.44. The first kappa shape index (κ1) is 25.5. The molecule has 2 heterocycles. The molecule has 0 bridgehead atoms. The first-order chi connectivity index (χ1) is 17.1. The molecule has 9 heteroatoms. The lowest BCUT2D eigenvalue weighted by Crippen LogP contribution is -2.48. The summed E-state index contributed by atoms with van der Waals surface area (Å²) < 4.78 is 16.3. The lowest BCUT2D eigenvalue weighted by atomic mass is 9.73. The molecule has 1 spiro atoms. The Bertz CT molecular complexity index is 1270. The molecule has 2 aromatic carbocycles. The number of nitrogens with one attached hydrogen (secondary N) is 1. The van der Waals surface area contributed by atoms with E-state index in [2.05, 4.69) is 38.9 Å². The highest BCUT2D eigenvalue weighted by Gasteiger charge is 2.48. The van der Waals surface area contributed by atoms with Crippen LogP contribution in [-0.2, 0) is 17.4 Å². The number of hydrogen-bond donors (Lipinski definition) is 2. The summed E-state index contributed by atoms with van der Waals surface area (Å²) in [6.45, 7) is 7.84. The Morgan fingerprint density at radius 1 is 1.14 bits per heavy atom. The van der Waals surface area contributed by atoms with Crippen molar-refractivity contribution in [2.75, 3.05) is 23.7 Å². The third-order valence-corrected chi connectivity index (χ3v) is 10.2. The summed E-state index contributed by atoms with van der Waals surface area (Å²) in [5.41, 5.74) is 9.16. The van der Waals surface area contributed by atoms with Gasteiger partial charge in [-0.2, -0.15) is 0 Å². The van der Waals surface area contributed by atoms with Crippen molar-refractivity contribution in [1.82, 2.24) is 14.7 Å². The maximum absolute atomic E-state index is 13.1. The quantitative estimate of drug-likeness (QED) is 0.397. The Morgan fingerprint density at radius 2 is 1.89 bits per heavy atom.